The molecular weight excluding hydrogens is 206 g/mol. The van der Waals surface area contributed by atoms with Crippen molar-refractivity contribution in [2.45, 2.75) is 45.6 Å². The van der Waals surface area contributed by atoms with Crippen LogP contribution in [0.25, 0.3) is 0 Å². The van der Waals surface area contributed by atoms with Crippen LogP contribution in [0.1, 0.15) is 49.8 Å². The van der Waals surface area contributed by atoms with Crippen LogP contribution in [0.4, 0.5) is 0 Å². The van der Waals surface area contributed by atoms with Gasteiger partial charge in [0.1, 0.15) is 0 Å². The van der Waals surface area contributed by atoms with E-state index in [1.54, 1.807) is 5.57 Å². The van der Waals surface area contributed by atoms with Gasteiger partial charge in [-0.15, -0.1) is 0 Å². The van der Waals surface area contributed by atoms with Gasteiger partial charge in [-0.1, -0.05) is 48.4 Å². The molecule has 1 aliphatic carbocycles. The standard InChI is InChI=1S/C16H23N/c1-3-12-17-16(14-6-4-5-7-14)15-10-8-13(2)9-11-15/h6,8-11,16-17H,3-5,7,12H2,1-2H3. The Morgan fingerprint density at radius 3 is 2.59 bits per heavy atom. The summed E-state index contributed by atoms with van der Waals surface area (Å²) >= 11 is 0. The van der Waals surface area contributed by atoms with E-state index < -0.39 is 0 Å². The molecule has 1 aliphatic rings. The van der Waals surface area contributed by atoms with Crippen LogP contribution in [-0.4, -0.2) is 6.54 Å². The van der Waals surface area contributed by atoms with Crippen molar-refractivity contribution < 1.29 is 0 Å². The molecule has 1 atom stereocenters. The first-order chi connectivity index (χ1) is 8.31. The van der Waals surface area contributed by atoms with Crippen LogP contribution in [0.2, 0.25) is 0 Å². The molecule has 92 valence electrons. The molecule has 1 unspecified atom stereocenters. The molecule has 0 fully saturated rings. The molecule has 0 heterocycles. The second-order valence-electron chi connectivity index (χ2n) is 4.97. The van der Waals surface area contributed by atoms with Gasteiger partial charge in [-0.25, -0.2) is 0 Å². The molecule has 1 nitrogen and oxygen atoms in total. The topological polar surface area (TPSA) is 12.0 Å². The first-order valence-corrected chi connectivity index (χ1v) is 6.80. The summed E-state index contributed by atoms with van der Waals surface area (Å²) in [5.41, 5.74) is 4.34. The zero-order valence-corrected chi connectivity index (χ0v) is 11.0. The predicted octanol–water partition coefficient (Wildman–Crippen LogP) is 4.15. The van der Waals surface area contributed by atoms with Crippen LogP contribution >= 0.6 is 0 Å². The molecule has 1 heteroatoms. The second-order valence-corrected chi connectivity index (χ2v) is 4.97. The first kappa shape index (κ1) is 12.4. The highest BCUT2D eigenvalue weighted by Crippen LogP contribution is 2.30. The third-order valence-electron chi connectivity index (χ3n) is 3.46. The van der Waals surface area contributed by atoms with Crippen molar-refractivity contribution in [3.63, 3.8) is 0 Å². The van der Waals surface area contributed by atoms with Crippen LogP contribution in [-0.2, 0) is 0 Å². The van der Waals surface area contributed by atoms with Crippen molar-refractivity contribution in [1.82, 2.24) is 5.32 Å². The van der Waals surface area contributed by atoms with Gasteiger partial charge in [-0.05, 0) is 44.7 Å². The summed E-state index contributed by atoms with van der Waals surface area (Å²) in [5.74, 6) is 0. The van der Waals surface area contributed by atoms with Gasteiger partial charge in [0.2, 0.25) is 0 Å². The van der Waals surface area contributed by atoms with E-state index in [9.17, 15) is 0 Å². The number of hydrogen-bond acceptors (Lipinski definition) is 1. The molecule has 1 N–H and O–H groups in total. The van der Waals surface area contributed by atoms with Crippen LogP contribution in [0.5, 0.6) is 0 Å². The van der Waals surface area contributed by atoms with Crippen molar-refractivity contribution in [3.8, 4) is 0 Å². The van der Waals surface area contributed by atoms with E-state index in [1.165, 1.54) is 36.8 Å². The van der Waals surface area contributed by atoms with Crippen molar-refractivity contribution in [2.75, 3.05) is 6.54 Å². The summed E-state index contributed by atoms with van der Waals surface area (Å²) in [6, 6.07) is 9.40. The second kappa shape index (κ2) is 6.02. The van der Waals surface area contributed by atoms with Crippen LogP contribution in [0, 0.1) is 6.92 Å². The summed E-state index contributed by atoms with van der Waals surface area (Å²) in [6.07, 6.45) is 7.45. The molecule has 0 aromatic heterocycles. The maximum Gasteiger partial charge on any atom is 0.0536 e. The van der Waals surface area contributed by atoms with Crippen molar-refractivity contribution >= 4 is 0 Å². The Kier molecular flexibility index (Phi) is 4.38. The Labute approximate surface area is 105 Å². The van der Waals surface area contributed by atoms with E-state index in [0.29, 0.717) is 6.04 Å². The molecule has 0 radical (unpaired) electrons. The number of rotatable bonds is 5. The van der Waals surface area contributed by atoms with E-state index in [4.69, 9.17) is 0 Å². The maximum atomic E-state index is 3.68. The van der Waals surface area contributed by atoms with Gasteiger partial charge >= 0.3 is 0 Å². The van der Waals surface area contributed by atoms with E-state index >= 15 is 0 Å². The van der Waals surface area contributed by atoms with Gasteiger partial charge in [0.15, 0.2) is 0 Å². The normalized spacial score (nSPS) is 16.9. The number of allylic oxidation sites excluding steroid dienone is 1. The molecule has 0 bridgehead atoms. The predicted molar refractivity (Wildman–Crippen MR) is 74.1 cm³/mol. The Morgan fingerprint density at radius 1 is 1.24 bits per heavy atom. The summed E-state index contributed by atoms with van der Waals surface area (Å²) < 4.78 is 0. The van der Waals surface area contributed by atoms with Crippen LogP contribution in [0.3, 0.4) is 0 Å². The molecule has 0 aliphatic heterocycles. The lowest BCUT2D eigenvalue weighted by Crippen LogP contribution is -2.23. The van der Waals surface area contributed by atoms with Gasteiger partial charge in [0.25, 0.3) is 0 Å². The zero-order valence-electron chi connectivity index (χ0n) is 11.0. The minimum atomic E-state index is 0.443. The lowest BCUT2D eigenvalue weighted by atomic mass is 9.97. The quantitative estimate of drug-likeness (QED) is 0.748. The monoisotopic (exact) mass is 229 g/mol. The molecule has 1 aromatic rings. The summed E-state index contributed by atoms with van der Waals surface area (Å²) in [6.45, 7) is 5.46. The minimum absolute atomic E-state index is 0.443. The average molecular weight is 229 g/mol. The number of nitrogens with one attached hydrogen (secondary N) is 1. The zero-order chi connectivity index (χ0) is 12.1. The van der Waals surface area contributed by atoms with Gasteiger partial charge in [-0.2, -0.15) is 0 Å². The van der Waals surface area contributed by atoms with E-state index in [-0.39, 0.29) is 0 Å². The molecule has 0 saturated heterocycles. The lowest BCUT2D eigenvalue weighted by molar-refractivity contribution is 0.578. The summed E-state index contributed by atoms with van der Waals surface area (Å²) in [5, 5.41) is 3.68. The fraction of sp³-hybridized carbons (Fsp3) is 0.500. The number of aryl methyl sites for hydroxylation is 1. The van der Waals surface area contributed by atoms with E-state index in [0.717, 1.165) is 6.54 Å². The molecule has 2 rings (SSSR count). The molecule has 17 heavy (non-hydrogen) atoms. The largest absolute Gasteiger partial charge is 0.307 e. The highest BCUT2D eigenvalue weighted by atomic mass is 14.9. The van der Waals surface area contributed by atoms with Gasteiger partial charge < -0.3 is 5.32 Å². The third-order valence-corrected chi connectivity index (χ3v) is 3.46. The Bertz CT molecular complexity index is 375. The van der Waals surface area contributed by atoms with Gasteiger partial charge in [-0.3, -0.25) is 0 Å². The van der Waals surface area contributed by atoms with Gasteiger partial charge in [0.05, 0.1) is 6.04 Å². The highest BCUT2D eigenvalue weighted by molar-refractivity contribution is 5.31. The van der Waals surface area contributed by atoms with Gasteiger partial charge in [0, 0.05) is 0 Å². The minimum Gasteiger partial charge on any atom is -0.307 e. The number of benzene rings is 1. The fourth-order valence-corrected chi connectivity index (χ4v) is 2.47. The van der Waals surface area contributed by atoms with E-state index in [1.807, 2.05) is 0 Å². The Balaban J connectivity index is 2.16. The SMILES string of the molecule is CCCNC(C1=CCCC1)c1ccc(C)cc1. The van der Waals surface area contributed by atoms with Crippen molar-refractivity contribution in [3.05, 3.63) is 47.0 Å². The van der Waals surface area contributed by atoms with Crippen molar-refractivity contribution in [1.29, 1.82) is 0 Å². The summed E-state index contributed by atoms with van der Waals surface area (Å²) in [4.78, 5) is 0. The molecule has 1 aromatic carbocycles. The number of hydrogen-bond donors (Lipinski definition) is 1. The summed E-state index contributed by atoms with van der Waals surface area (Å²) in [7, 11) is 0. The molecule has 0 saturated carbocycles. The van der Waals surface area contributed by atoms with Crippen LogP contribution < -0.4 is 5.32 Å². The van der Waals surface area contributed by atoms with E-state index in [2.05, 4.69) is 49.5 Å². The van der Waals surface area contributed by atoms with Crippen molar-refractivity contribution in [2.24, 2.45) is 0 Å². The third kappa shape index (κ3) is 3.19. The molecule has 0 spiro atoms. The lowest BCUT2D eigenvalue weighted by Gasteiger charge is -2.21. The Morgan fingerprint density at radius 2 is 2.00 bits per heavy atom. The van der Waals surface area contributed by atoms with Crippen LogP contribution in [0.15, 0.2) is 35.9 Å². The average Bonchev–Trinajstić information content (AvgIpc) is 2.85. The fourth-order valence-electron chi connectivity index (χ4n) is 2.47. The smallest absolute Gasteiger partial charge is 0.0536 e. The highest BCUT2D eigenvalue weighted by Gasteiger charge is 2.17. The maximum absolute atomic E-state index is 3.68. The molecular formula is C16H23N. The molecule has 0 amide bonds. The Hall–Kier alpha value is -1.08. The first-order valence-electron chi connectivity index (χ1n) is 6.80.